The predicted molar refractivity (Wildman–Crippen MR) is 91.9 cm³/mol. The molecule has 1 fully saturated rings. The van der Waals surface area contributed by atoms with Crippen LogP contribution in [0.15, 0.2) is 36.4 Å². The van der Waals surface area contributed by atoms with Crippen molar-refractivity contribution in [2.24, 2.45) is 0 Å². The number of likely N-dealkylation sites (N-methyl/N-ethyl adjacent to an activating group) is 1. The zero-order valence-electron chi connectivity index (χ0n) is 13.0. The zero-order chi connectivity index (χ0) is 15.4. The van der Waals surface area contributed by atoms with Gasteiger partial charge in [-0.1, -0.05) is 19.1 Å². The molecule has 22 heavy (non-hydrogen) atoms. The van der Waals surface area contributed by atoms with E-state index in [2.05, 4.69) is 41.0 Å². The molecular formula is C18H21N3S. The third-order valence-electron chi connectivity index (χ3n) is 4.23. The van der Waals surface area contributed by atoms with Crippen LogP contribution >= 0.6 is 11.3 Å². The smallest absolute Gasteiger partial charge is 0.0991 e. The van der Waals surface area contributed by atoms with Crippen molar-refractivity contribution in [3.8, 4) is 16.5 Å². The second kappa shape index (κ2) is 7.06. The Morgan fingerprint density at radius 1 is 1.09 bits per heavy atom. The van der Waals surface area contributed by atoms with Crippen molar-refractivity contribution < 1.29 is 0 Å². The lowest BCUT2D eigenvalue weighted by atomic mass is 10.1. The monoisotopic (exact) mass is 311 g/mol. The molecule has 1 aliphatic heterocycles. The molecule has 0 aliphatic carbocycles. The van der Waals surface area contributed by atoms with Crippen LogP contribution in [0.4, 0.5) is 0 Å². The lowest BCUT2D eigenvalue weighted by molar-refractivity contribution is 0.133. The molecule has 0 atom stereocenters. The Kier molecular flexibility index (Phi) is 4.89. The number of benzene rings is 1. The van der Waals surface area contributed by atoms with Gasteiger partial charge in [0.05, 0.1) is 11.6 Å². The van der Waals surface area contributed by atoms with E-state index < -0.39 is 0 Å². The highest BCUT2D eigenvalue weighted by Crippen LogP contribution is 2.29. The van der Waals surface area contributed by atoms with E-state index in [0.717, 1.165) is 37.3 Å². The summed E-state index contributed by atoms with van der Waals surface area (Å²) >= 11 is 1.84. The SMILES string of the molecule is CCN1CCN(Cc2ccc(-c3cccc(C#N)c3)s2)CC1. The summed E-state index contributed by atoms with van der Waals surface area (Å²) in [4.78, 5) is 7.69. The van der Waals surface area contributed by atoms with Crippen molar-refractivity contribution in [3.63, 3.8) is 0 Å². The summed E-state index contributed by atoms with van der Waals surface area (Å²) < 4.78 is 0. The van der Waals surface area contributed by atoms with E-state index >= 15 is 0 Å². The van der Waals surface area contributed by atoms with Gasteiger partial charge in [0.2, 0.25) is 0 Å². The highest BCUT2D eigenvalue weighted by molar-refractivity contribution is 7.15. The maximum absolute atomic E-state index is 9.02. The van der Waals surface area contributed by atoms with Gasteiger partial charge in [0.1, 0.15) is 0 Å². The first-order chi connectivity index (χ1) is 10.8. The molecule has 3 rings (SSSR count). The fourth-order valence-corrected chi connectivity index (χ4v) is 3.89. The third-order valence-corrected chi connectivity index (χ3v) is 5.35. The van der Waals surface area contributed by atoms with Crippen LogP contribution < -0.4 is 0 Å². The second-order valence-electron chi connectivity index (χ2n) is 5.67. The summed E-state index contributed by atoms with van der Waals surface area (Å²) in [5.74, 6) is 0. The molecule has 0 saturated carbocycles. The van der Waals surface area contributed by atoms with Crippen LogP contribution in [0.1, 0.15) is 17.4 Å². The Morgan fingerprint density at radius 3 is 2.59 bits per heavy atom. The van der Waals surface area contributed by atoms with Crippen LogP contribution in [0.2, 0.25) is 0 Å². The maximum Gasteiger partial charge on any atom is 0.0991 e. The molecule has 1 aliphatic rings. The minimum absolute atomic E-state index is 0.725. The number of hydrogen-bond donors (Lipinski definition) is 0. The van der Waals surface area contributed by atoms with Crippen molar-refractivity contribution in [1.82, 2.24) is 9.80 Å². The van der Waals surface area contributed by atoms with Crippen molar-refractivity contribution in [2.45, 2.75) is 13.5 Å². The number of rotatable bonds is 4. The topological polar surface area (TPSA) is 30.3 Å². The first-order valence-corrected chi connectivity index (χ1v) is 8.64. The van der Waals surface area contributed by atoms with E-state index in [9.17, 15) is 0 Å². The summed E-state index contributed by atoms with van der Waals surface area (Å²) in [5, 5.41) is 9.02. The summed E-state index contributed by atoms with van der Waals surface area (Å²) in [6, 6.07) is 14.5. The predicted octanol–water partition coefficient (Wildman–Crippen LogP) is 3.42. The van der Waals surface area contributed by atoms with E-state index in [-0.39, 0.29) is 0 Å². The number of nitriles is 1. The van der Waals surface area contributed by atoms with E-state index in [1.54, 1.807) is 0 Å². The minimum Gasteiger partial charge on any atom is -0.301 e. The van der Waals surface area contributed by atoms with Gasteiger partial charge < -0.3 is 4.90 Å². The van der Waals surface area contributed by atoms with Crippen molar-refractivity contribution in [2.75, 3.05) is 32.7 Å². The lowest BCUT2D eigenvalue weighted by Crippen LogP contribution is -2.45. The molecule has 4 heteroatoms. The molecule has 0 radical (unpaired) electrons. The molecule has 0 amide bonds. The number of piperazine rings is 1. The molecule has 1 aromatic heterocycles. The molecule has 0 unspecified atom stereocenters. The lowest BCUT2D eigenvalue weighted by Gasteiger charge is -2.33. The molecule has 0 N–H and O–H groups in total. The summed E-state index contributed by atoms with van der Waals surface area (Å²) in [6.07, 6.45) is 0. The summed E-state index contributed by atoms with van der Waals surface area (Å²) in [6.45, 7) is 9.11. The van der Waals surface area contributed by atoms with E-state index in [1.807, 2.05) is 29.5 Å². The van der Waals surface area contributed by atoms with Gasteiger partial charge in [-0.15, -0.1) is 11.3 Å². The summed E-state index contributed by atoms with van der Waals surface area (Å²) in [7, 11) is 0. The minimum atomic E-state index is 0.725. The van der Waals surface area contributed by atoms with Gasteiger partial charge in [-0.25, -0.2) is 0 Å². The fourth-order valence-electron chi connectivity index (χ4n) is 2.84. The first kappa shape index (κ1) is 15.2. The normalized spacial score (nSPS) is 16.5. The van der Waals surface area contributed by atoms with Crippen LogP contribution in [0.25, 0.3) is 10.4 Å². The Balaban J connectivity index is 1.65. The molecule has 2 aromatic rings. The Morgan fingerprint density at radius 2 is 1.86 bits per heavy atom. The molecule has 1 aromatic carbocycles. The number of nitrogens with zero attached hydrogens (tertiary/aromatic N) is 3. The van der Waals surface area contributed by atoms with Crippen LogP contribution in [-0.2, 0) is 6.54 Å². The first-order valence-electron chi connectivity index (χ1n) is 7.82. The van der Waals surface area contributed by atoms with Crippen molar-refractivity contribution in [3.05, 3.63) is 46.8 Å². The number of hydrogen-bond acceptors (Lipinski definition) is 4. The van der Waals surface area contributed by atoms with Gasteiger partial charge in [-0.3, -0.25) is 4.90 Å². The van der Waals surface area contributed by atoms with Gasteiger partial charge in [-0.2, -0.15) is 5.26 Å². The Bertz CT molecular complexity index is 663. The van der Waals surface area contributed by atoms with Crippen molar-refractivity contribution in [1.29, 1.82) is 5.26 Å². The molecular weight excluding hydrogens is 290 g/mol. The van der Waals surface area contributed by atoms with Crippen LogP contribution in [0.5, 0.6) is 0 Å². The second-order valence-corrected chi connectivity index (χ2v) is 6.84. The third kappa shape index (κ3) is 3.56. The largest absolute Gasteiger partial charge is 0.301 e. The molecule has 3 nitrogen and oxygen atoms in total. The van der Waals surface area contributed by atoms with Gasteiger partial charge in [0.15, 0.2) is 0 Å². The molecule has 0 spiro atoms. The summed E-state index contributed by atoms with van der Waals surface area (Å²) in [5.41, 5.74) is 1.87. The highest BCUT2D eigenvalue weighted by atomic mass is 32.1. The van der Waals surface area contributed by atoms with Crippen LogP contribution in [-0.4, -0.2) is 42.5 Å². The Labute approximate surface area is 136 Å². The maximum atomic E-state index is 9.02. The number of thiophene rings is 1. The molecule has 1 saturated heterocycles. The average molecular weight is 311 g/mol. The van der Waals surface area contributed by atoms with Gasteiger partial charge >= 0.3 is 0 Å². The highest BCUT2D eigenvalue weighted by Gasteiger charge is 2.16. The van der Waals surface area contributed by atoms with Crippen LogP contribution in [0, 0.1) is 11.3 Å². The van der Waals surface area contributed by atoms with Crippen LogP contribution in [0.3, 0.4) is 0 Å². The van der Waals surface area contributed by atoms with Crippen molar-refractivity contribution >= 4 is 11.3 Å². The standard InChI is InChI=1S/C18H21N3S/c1-2-20-8-10-21(11-9-20)14-17-6-7-18(22-17)16-5-3-4-15(12-16)13-19/h3-7,12H,2,8-11,14H2,1H3. The van der Waals surface area contributed by atoms with E-state index in [0.29, 0.717) is 0 Å². The molecule has 114 valence electrons. The molecule has 0 bridgehead atoms. The van der Waals surface area contributed by atoms with E-state index in [1.165, 1.54) is 22.8 Å². The average Bonchev–Trinajstić information content (AvgIpc) is 3.04. The van der Waals surface area contributed by atoms with E-state index in [4.69, 9.17) is 5.26 Å². The quantitative estimate of drug-likeness (QED) is 0.866. The Hall–Kier alpha value is -1.67. The van der Waals surface area contributed by atoms with Gasteiger partial charge in [0, 0.05) is 42.5 Å². The zero-order valence-corrected chi connectivity index (χ0v) is 13.8. The molecule has 2 heterocycles. The van der Waals surface area contributed by atoms with Gasteiger partial charge in [-0.05, 0) is 36.4 Å². The van der Waals surface area contributed by atoms with Gasteiger partial charge in [0.25, 0.3) is 0 Å². The fraction of sp³-hybridized carbons (Fsp3) is 0.389.